The molecule has 1 rings (SSSR count). The van der Waals surface area contributed by atoms with E-state index in [9.17, 15) is 9.59 Å². The first kappa shape index (κ1) is 24.1. The zero-order chi connectivity index (χ0) is 20.8. The van der Waals surface area contributed by atoms with Crippen LogP contribution in [0.3, 0.4) is 0 Å². The molecule has 2 amide bonds. The Morgan fingerprint density at radius 1 is 0.964 bits per heavy atom. The maximum Gasteiger partial charge on any atom is 0.251 e. The number of hydrogen-bond donors (Lipinski definition) is 3. The number of carbonyl (C=O) groups excluding carboxylic acids is 2. The van der Waals surface area contributed by atoms with Gasteiger partial charge in [-0.2, -0.15) is 0 Å². The lowest BCUT2D eigenvalue weighted by atomic mass is 10.1. The van der Waals surface area contributed by atoms with E-state index in [1.807, 2.05) is 24.3 Å². The summed E-state index contributed by atoms with van der Waals surface area (Å²) in [5, 5.41) is 9.07. The van der Waals surface area contributed by atoms with Crippen LogP contribution in [0, 0.1) is 5.92 Å². The molecule has 0 aromatic heterocycles. The van der Waals surface area contributed by atoms with Crippen molar-refractivity contribution in [1.82, 2.24) is 16.0 Å². The van der Waals surface area contributed by atoms with Crippen LogP contribution in [0.2, 0.25) is 0 Å². The van der Waals surface area contributed by atoms with Crippen LogP contribution >= 0.6 is 0 Å². The van der Waals surface area contributed by atoms with Gasteiger partial charge in [0.05, 0.1) is 13.2 Å². The number of carbonyl (C=O) groups is 2. The highest BCUT2D eigenvalue weighted by Crippen LogP contribution is 2.05. The molecule has 0 aliphatic heterocycles. The van der Waals surface area contributed by atoms with Crippen molar-refractivity contribution in [3.05, 3.63) is 35.4 Å². The lowest BCUT2D eigenvalue weighted by molar-refractivity contribution is -0.122. The smallest absolute Gasteiger partial charge is 0.251 e. The molecule has 3 N–H and O–H groups in total. The second-order valence-electron chi connectivity index (χ2n) is 7.74. The van der Waals surface area contributed by atoms with Gasteiger partial charge >= 0.3 is 0 Å². The Balaban J connectivity index is 2.09. The summed E-state index contributed by atoms with van der Waals surface area (Å²) in [6, 6.07) is 8.01. The number of ether oxygens (including phenoxy) is 1. The summed E-state index contributed by atoms with van der Waals surface area (Å²) in [5.41, 5.74) is 1.78. The lowest BCUT2D eigenvalue weighted by Crippen LogP contribution is -2.28. The van der Waals surface area contributed by atoms with E-state index in [-0.39, 0.29) is 11.8 Å². The summed E-state index contributed by atoms with van der Waals surface area (Å²) in [5.74, 6) is 0.560. The second kappa shape index (κ2) is 14.1. The third kappa shape index (κ3) is 11.7. The summed E-state index contributed by atoms with van der Waals surface area (Å²) < 4.78 is 5.42. The van der Waals surface area contributed by atoms with E-state index in [0.717, 1.165) is 31.5 Å². The molecule has 158 valence electrons. The van der Waals surface area contributed by atoms with E-state index in [4.69, 9.17) is 4.74 Å². The Labute approximate surface area is 169 Å². The molecule has 0 aliphatic carbocycles. The fourth-order valence-corrected chi connectivity index (χ4v) is 2.53. The molecule has 6 nitrogen and oxygen atoms in total. The fourth-order valence-electron chi connectivity index (χ4n) is 2.53. The van der Waals surface area contributed by atoms with Crippen molar-refractivity contribution in [1.29, 1.82) is 0 Å². The molecule has 0 atom stereocenters. The van der Waals surface area contributed by atoms with Crippen LogP contribution in [0.4, 0.5) is 0 Å². The first-order valence-electron chi connectivity index (χ1n) is 10.3. The summed E-state index contributed by atoms with van der Waals surface area (Å²) in [4.78, 5) is 23.8. The van der Waals surface area contributed by atoms with E-state index in [1.54, 1.807) is 0 Å². The number of amides is 2. The van der Waals surface area contributed by atoms with Crippen molar-refractivity contribution >= 4 is 11.8 Å². The molecule has 0 radical (unpaired) electrons. The highest BCUT2D eigenvalue weighted by molar-refractivity contribution is 5.94. The van der Waals surface area contributed by atoms with Gasteiger partial charge in [-0.3, -0.25) is 9.59 Å². The SMILES string of the molecule is CC(C)CCCNC(=O)CCOCCNC(=O)c1ccc(CNC(C)C)cc1. The first-order chi connectivity index (χ1) is 13.4. The average molecular weight is 392 g/mol. The zero-order valence-electron chi connectivity index (χ0n) is 17.8. The zero-order valence-corrected chi connectivity index (χ0v) is 17.8. The van der Waals surface area contributed by atoms with Crippen LogP contribution in [-0.2, 0) is 16.1 Å². The third-order valence-corrected chi connectivity index (χ3v) is 4.22. The summed E-state index contributed by atoms with van der Waals surface area (Å²) in [6.07, 6.45) is 2.47. The summed E-state index contributed by atoms with van der Waals surface area (Å²) >= 11 is 0. The van der Waals surface area contributed by atoms with Gasteiger partial charge in [0, 0.05) is 37.7 Å². The Morgan fingerprint density at radius 2 is 1.68 bits per heavy atom. The van der Waals surface area contributed by atoms with Crippen molar-refractivity contribution in [2.45, 2.75) is 59.5 Å². The number of rotatable bonds is 14. The average Bonchev–Trinajstić information content (AvgIpc) is 2.66. The van der Waals surface area contributed by atoms with Crippen LogP contribution in [0.1, 0.15) is 62.9 Å². The lowest BCUT2D eigenvalue weighted by Gasteiger charge is -2.09. The predicted molar refractivity (Wildman–Crippen MR) is 113 cm³/mol. The molecule has 0 bridgehead atoms. The van der Waals surface area contributed by atoms with E-state index in [2.05, 4.69) is 43.6 Å². The molecule has 0 saturated carbocycles. The summed E-state index contributed by atoms with van der Waals surface area (Å²) in [6.45, 7) is 11.2. The van der Waals surface area contributed by atoms with Gasteiger partial charge in [0.1, 0.15) is 0 Å². The van der Waals surface area contributed by atoms with Crippen LogP contribution < -0.4 is 16.0 Å². The van der Waals surface area contributed by atoms with Crippen LogP contribution in [0.15, 0.2) is 24.3 Å². The van der Waals surface area contributed by atoms with Crippen LogP contribution in [0.5, 0.6) is 0 Å². The van der Waals surface area contributed by atoms with Gasteiger partial charge in [0.2, 0.25) is 5.91 Å². The molecule has 28 heavy (non-hydrogen) atoms. The van der Waals surface area contributed by atoms with Crippen molar-refractivity contribution in [3.8, 4) is 0 Å². The van der Waals surface area contributed by atoms with Gasteiger partial charge in [0.25, 0.3) is 5.91 Å². The normalized spacial score (nSPS) is 11.1. The first-order valence-corrected chi connectivity index (χ1v) is 10.3. The Hall–Kier alpha value is -1.92. The molecular formula is C22H37N3O3. The Morgan fingerprint density at radius 3 is 2.32 bits per heavy atom. The molecule has 0 heterocycles. The number of hydrogen-bond acceptors (Lipinski definition) is 4. The van der Waals surface area contributed by atoms with Crippen molar-refractivity contribution < 1.29 is 14.3 Å². The quantitative estimate of drug-likeness (QED) is 0.426. The minimum Gasteiger partial charge on any atom is -0.379 e. The van der Waals surface area contributed by atoms with Crippen molar-refractivity contribution in [3.63, 3.8) is 0 Å². The van der Waals surface area contributed by atoms with Crippen LogP contribution in [0.25, 0.3) is 0 Å². The van der Waals surface area contributed by atoms with Gasteiger partial charge in [-0.05, 0) is 36.5 Å². The highest BCUT2D eigenvalue weighted by Gasteiger charge is 2.05. The Bertz CT molecular complexity index is 571. The molecule has 0 fully saturated rings. The molecule has 0 spiro atoms. The Kier molecular flexibility index (Phi) is 12.2. The fraction of sp³-hybridized carbons (Fsp3) is 0.636. The van der Waals surface area contributed by atoms with Gasteiger partial charge < -0.3 is 20.7 Å². The second-order valence-corrected chi connectivity index (χ2v) is 7.74. The topological polar surface area (TPSA) is 79.5 Å². The highest BCUT2D eigenvalue weighted by atomic mass is 16.5. The molecule has 0 saturated heterocycles. The van der Waals surface area contributed by atoms with Gasteiger partial charge in [-0.25, -0.2) is 0 Å². The predicted octanol–water partition coefficient (Wildman–Crippen LogP) is 2.87. The number of nitrogens with one attached hydrogen (secondary N) is 3. The largest absolute Gasteiger partial charge is 0.379 e. The standard InChI is InChI=1S/C22H37N3O3/c1-17(2)6-5-12-23-21(26)11-14-28-15-13-24-22(27)20-9-7-19(8-10-20)16-25-18(3)4/h7-10,17-18,25H,5-6,11-16H2,1-4H3,(H,23,26)(H,24,27). The monoisotopic (exact) mass is 391 g/mol. The summed E-state index contributed by atoms with van der Waals surface area (Å²) in [7, 11) is 0. The van der Waals surface area contributed by atoms with Crippen molar-refractivity contribution in [2.24, 2.45) is 5.92 Å². The van der Waals surface area contributed by atoms with Crippen LogP contribution in [-0.4, -0.2) is 44.2 Å². The van der Waals surface area contributed by atoms with E-state index >= 15 is 0 Å². The van der Waals surface area contributed by atoms with Gasteiger partial charge in [-0.1, -0.05) is 39.8 Å². The van der Waals surface area contributed by atoms with Gasteiger partial charge in [0.15, 0.2) is 0 Å². The van der Waals surface area contributed by atoms with E-state index < -0.39 is 0 Å². The molecule has 0 unspecified atom stereocenters. The third-order valence-electron chi connectivity index (χ3n) is 4.22. The molecule has 1 aromatic rings. The van der Waals surface area contributed by atoms with E-state index in [1.165, 1.54) is 0 Å². The van der Waals surface area contributed by atoms with Crippen molar-refractivity contribution in [2.75, 3.05) is 26.3 Å². The van der Waals surface area contributed by atoms with Gasteiger partial charge in [-0.15, -0.1) is 0 Å². The number of benzene rings is 1. The minimum atomic E-state index is -0.116. The minimum absolute atomic E-state index is 0.0137. The van der Waals surface area contributed by atoms with E-state index in [0.29, 0.717) is 43.7 Å². The molecular weight excluding hydrogens is 354 g/mol. The molecule has 0 aliphatic rings. The maximum absolute atomic E-state index is 12.1. The molecule has 1 aromatic carbocycles. The molecule has 6 heteroatoms. The maximum atomic E-state index is 12.1.